The van der Waals surface area contributed by atoms with Crippen molar-refractivity contribution in [2.45, 2.75) is 19.4 Å². The SMILES string of the molecule is CC(=O)N1N=C(c2ccccc2F)CC1c1ccc(F)cc1. The fourth-order valence-corrected chi connectivity index (χ4v) is 2.60. The van der Waals surface area contributed by atoms with Crippen LogP contribution in [0.3, 0.4) is 0 Å². The molecule has 0 radical (unpaired) electrons. The maximum Gasteiger partial charge on any atom is 0.240 e. The Kier molecular flexibility index (Phi) is 3.71. The number of rotatable bonds is 2. The zero-order valence-corrected chi connectivity index (χ0v) is 12.0. The van der Waals surface area contributed by atoms with E-state index in [2.05, 4.69) is 5.10 Å². The van der Waals surface area contributed by atoms with Gasteiger partial charge < -0.3 is 0 Å². The molecule has 0 aromatic heterocycles. The van der Waals surface area contributed by atoms with Crippen LogP contribution in [0.4, 0.5) is 8.78 Å². The minimum Gasteiger partial charge on any atom is -0.273 e. The van der Waals surface area contributed by atoms with Crippen molar-refractivity contribution in [1.29, 1.82) is 0 Å². The highest BCUT2D eigenvalue weighted by Gasteiger charge is 2.32. The van der Waals surface area contributed by atoms with E-state index in [9.17, 15) is 13.6 Å². The normalized spacial score (nSPS) is 17.5. The van der Waals surface area contributed by atoms with Gasteiger partial charge in [0.1, 0.15) is 11.6 Å². The lowest BCUT2D eigenvalue weighted by molar-refractivity contribution is -0.130. The molecule has 2 aromatic rings. The molecule has 1 aliphatic heterocycles. The second-order valence-electron chi connectivity index (χ2n) is 5.16. The van der Waals surface area contributed by atoms with Crippen molar-refractivity contribution in [3.8, 4) is 0 Å². The summed E-state index contributed by atoms with van der Waals surface area (Å²) in [6, 6.07) is 11.9. The van der Waals surface area contributed by atoms with Crippen molar-refractivity contribution in [3.63, 3.8) is 0 Å². The van der Waals surface area contributed by atoms with Crippen LogP contribution < -0.4 is 0 Å². The predicted octanol–water partition coefficient (Wildman–Crippen LogP) is 3.66. The highest BCUT2D eigenvalue weighted by Crippen LogP contribution is 2.33. The van der Waals surface area contributed by atoms with E-state index in [1.54, 1.807) is 30.3 Å². The molecule has 0 fully saturated rings. The number of nitrogens with zero attached hydrogens (tertiary/aromatic N) is 2. The molecule has 112 valence electrons. The van der Waals surface area contributed by atoms with Crippen molar-refractivity contribution < 1.29 is 13.6 Å². The smallest absolute Gasteiger partial charge is 0.240 e. The van der Waals surface area contributed by atoms with Crippen LogP contribution >= 0.6 is 0 Å². The van der Waals surface area contributed by atoms with E-state index >= 15 is 0 Å². The molecule has 5 heteroatoms. The third kappa shape index (κ3) is 2.62. The van der Waals surface area contributed by atoms with Gasteiger partial charge >= 0.3 is 0 Å². The molecule has 1 amide bonds. The summed E-state index contributed by atoms with van der Waals surface area (Å²) in [5.74, 6) is -0.948. The molecule has 1 heterocycles. The minimum absolute atomic E-state index is 0.235. The van der Waals surface area contributed by atoms with Gasteiger partial charge in [-0.05, 0) is 23.8 Å². The maximum atomic E-state index is 13.9. The van der Waals surface area contributed by atoms with E-state index in [-0.39, 0.29) is 23.6 Å². The molecular formula is C17H14F2N2O. The van der Waals surface area contributed by atoms with Gasteiger partial charge in [0.15, 0.2) is 0 Å². The van der Waals surface area contributed by atoms with Crippen LogP contribution in [-0.2, 0) is 4.79 Å². The second-order valence-corrected chi connectivity index (χ2v) is 5.16. The number of carbonyl (C=O) groups is 1. The van der Waals surface area contributed by atoms with Crippen LogP contribution in [0.2, 0.25) is 0 Å². The van der Waals surface area contributed by atoms with Crippen molar-refractivity contribution in [3.05, 3.63) is 71.3 Å². The van der Waals surface area contributed by atoms with Crippen molar-refractivity contribution in [2.75, 3.05) is 0 Å². The Labute approximate surface area is 126 Å². The number of hydrogen-bond acceptors (Lipinski definition) is 2. The minimum atomic E-state index is -0.371. The van der Waals surface area contributed by atoms with Crippen LogP contribution in [0.5, 0.6) is 0 Å². The molecule has 0 spiro atoms. The first-order valence-corrected chi connectivity index (χ1v) is 6.94. The topological polar surface area (TPSA) is 32.7 Å². The first kappa shape index (κ1) is 14.4. The molecule has 1 aliphatic rings. The Morgan fingerprint density at radius 3 is 2.45 bits per heavy atom. The summed E-state index contributed by atoms with van der Waals surface area (Å²) in [6.07, 6.45) is 0.395. The lowest BCUT2D eigenvalue weighted by atomic mass is 9.98. The zero-order valence-electron chi connectivity index (χ0n) is 12.0. The van der Waals surface area contributed by atoms with E-state index in [4.69, 9.17) is 0 Å². The van der Waals surface area contributed by atoms with Gasteiger partial charge in [-0.15, -0.1) is 0 Å². The molecule has 0 saturated heterocycles. The molecular weight excluding hydrogens is 286 g/mol. The lowest BCUT2D eigenvalue weighted by Gasteiger charge is -2.20. The van der Waals surface area contributed by atoms with Gasteiger partial charge in [0.2, 0.25) is 5.91 Å². The first-order valence-electron chi connectivity index (χ1n) is 6.94. The lowest BCUT2D eigenvalue weighted by Crippen LogP contribution is -2.24. The summed E-state index contributed by atoms with van der Waals surface area (Å²) in [6.45, 7) is 1.41. The number of benzene rings is 2. The van der Waals surface area contributed by atoms with Gasteiger partial charge in [0.05, 0.1) is 11.8 Å². The summed E-state index contributed by atoms with van der Waals surface area (Å²) < 4.78 is 27.0. The number of halogens is 2. The average molecular weight is 300 g/mol. The Balaban J connectivity index is 1.96. The Bertz CT molecular complexity index is 741. The second kappa shape index (κ2) is 5.67. The maximum absolute atomic E-state index is 13.9. The Hall–Kier alpha value is -2.56. The van der Waals surface area contributed by atoms with Crippen LogP contribution in [0.1, 0.15) is 30.5 Å². The van der Waals surface area contributed by atoms with Gasteiger partial charge in [-0.25, -0.2) is 13.8 Å². The molecule has 1 unspecified atom stereocenters. The van der Waals surface area contributed by atoms with Crippen molar-refractivity contribution in [1.82, 2.24) is 5.01 Å². The average Bonchev–Trinajstić information content (AvgIpc) is 2.93. The monoisotopic (exact) mass is 300 g/mol. The largest absolute Gasteiger partial charge is 0.273 e. The Morgan fingerprint density at radius 1 is 1.14 bits per heavy atom. The van der Waals surface area contributed by atoms with Crippen molar-refractivity contribution >= 4 is 11.6 Å². The van der Waals surface area contributed by atoms with Crippen LogP contribution in [0.25, 0.3) is 0 Å². The Morgan fingerprint density at radius 2 is 1.82 bits per heavy atom. The van der Waals surface area contributed by atoms with Gasteiger partial charge in [-0.2, -0.15) is 5.10 Å². The molecule has 22 heavy (non-hydrogen) atoms. The molecule has 3 nitrogen and oxygen atoms in total. The highest BCUT2D eigenvalue weighted by molar-refractivity contribution is 6.03. The number of hydrazone groups is 1. The summed E-state index contributed by atoms with van der Waals surface area (Å²) >= 11 is 0. The molecule has 1 atom stereocenters. The summed E-state index contributed by atoms with van der Waals surface area (Å²) in [5.41, 5.74) is 1.67. The van der Waals surface area contributed by atoms with Gasteiger partial charge in [-0.3, -0.25) is 4.79 Å². The molecule has 2 aromatic carbocycles. The van der Waals surface area contributed by atoms with E-state index in [0.717, 1.165) is 5.56 Å². The van der Waals surface area contributed by atoms with Crippen LogP contribution in [-0.4, -0.2) is 16.6 Å². The standard InChI is InChI=1S/C17H14F2N2O/c1-11(22)21-17(12-6-8-13(18)9-7-12)10-16(20-21)14-4-2-3-5-15(14)19/h2-9,17H,10H2,1H3. The van der Waals surface area contributed by atoms with E-state index in [1.807, 2.05) is 0 Å². The molecule has 0 aliphatic carbocycles. The third-order valence-corrected chi connectivity index (χ3v) is 3.67. The predicted molar refractivity (Wildman–Crippen MR) is 79.2 cm³/mol. The van der Waals surface area contributed by atoms with Crippen molar-refractivity contribution in [2.24, 2.45) is 5.10 Å². The summed E-state index contributed by atoms with van der Waals surface area (Å²) in [7, 11) is 0. The molecule has 0 N–H and O–H groups in total. The molecule has 0 bridgehead atoms. The number of amides is 1. The fraction of sp³-hybridized carbons (Fsp3) is 0.176. The van der Waals surface area contributed by atoms with E-state index in [0.29, 0.717) is 17.7 Å². The van der Waals surface area contributed by atoms with Gasteiger partial charge in [0, 0.05) is 18.9 Å². The van der Waals surface area contributed by atoms with Crippen LogP contribution in [0.15, 0.2) is 53.6 Å². The third-order valence-electron chi connectivity index (χ3n) is 3.67. The molecule has 0 saturated carbocycles. The fourth-order valence-electron chi connectivity index (χ4n) is 2.60. The summed E-state index contributed by atoms with van der Waals surface area (Å²) in [5, 5.41) is 5.59. The highest BCUT2D eigenvalue weighted by atomic mass is 19.1. The number of carbonyl (C=O) groups excluding carboxylic acids is 1. The van der Waals surface area contributed by atoms with E-state index < -0.39 is 0 Å². The van der Waals surface area contributed by atoms with Gasteiger partial charge in [-0.1, -0.05) is 30.3 Å². The quantitative estimate of drug-likeness (QED) is 0.833. The summed E-state index contributed by atoms with van der Waals surface area (Å²) in [4.78, 5) is 11.8. The number of hydrogen-bond donors (Lipinski definition) is 0. The van der Waals surface area contributed by atoms with Crippen LogP contribution in [0, 0.1) is 11.6 Å². The zero-order chi connectivity index (χ0) is 15.7. The van der Waals surface area contributed by atoms with E-state index in [1.165, 1.54) is 30.1 Å². The first-order chi connectivity index (χ1) is 10.6. The van der Waals surface area contributed by atoms with Gasteiger partial charge in [0.25, 0.3) is 0 Å². The molecule has 3 rings (SSSR count).